The van der Waals surface area contributed by atoms with E-state index in [9.17, 15) is 49.2 Å². The number of rotatable bonds is 26. The van der Waals surface area contributed by atoms with Crippen LogP contribution in [0.4, 0.5) is 4.79 Å². The van der Waals surface area contributed by atoms with Crippen LogP contribution in [0.15, 0.2) is 176 Å². The summed E-state index contributed by atoms with van der Waals surface area (Å²) < 4.78 is 4.58. The molecule has 1 aromatic heterocycles. The van der Waals surface area contributed by atoms with Crippen LogP contribution >= 0.6 is 33.3 Å². The summed E-state index contributed by atoms with van der Waals surface area (Å²) in [6, 6.07) is 38.6. The van der Waals surface area contributed by atoms with Crippen LogP contribution in [0.1, 0.15) is 93.7 Å². The molecule has 25 nitrogen and oxygen atoms in total. The first kappa shape index (κ1) is 79.8. The molecule has 0 aliphatic carbocycles. The predicted molar refractivity (Wildman–Crippen MR) is 400 cm³/mol. The van der Waals surface area contributed by atoms with Crippen molar-refractivity contribution in [3.63, 3.8) is 0 Å². The van der Waals surface area contributed by atoms with Gasteiger partial charge < -0.3 is 78.0 Å². The van der Waals surface area contributed by atoms with Gasteiger partial charge >= 0.3 is 12.1 Å². The van der Waals surface area contributed by atoms with Gasteiger partial charge in [0, 0.05) is 66.6 Å². The normalized spacial score (nSPS) is 19.4. The van der Waals surface area contributed by atoms with Crippen molar-refractivity contribution in [2.24, 2.45) is 0 Å². The molecule has 2 heterocycles. The number of amides is 9. The van der Waals surface area contributed by atoms with E-state index >= 15 is 19.2 Å². The summed E-state index contributed by atoms with van der Waals surface area (Å²) in [7, 11) is 1.77. The first-order valence-electron chi connectivity index (χ1n) is 34.2. The van der Waals surface area contributed by atoms with Gasteiger partial charge in [0.25, 0.3) is 0 Å². The molecule has 10 atom stereocenters. The highest BCUT2D eigenvalue weighted by atomic mass is 33.1. The number of benzene rings is 6. The SMILES string of the molecule is C[C@@H](O)[C@H](NC(=O)[C@@H]1CSSC[C@H](NC(=O)[C@@H](Cc2ccccc2)NC(=O)CCSC(c2ccccc2)(c2ccccc2)c2ccccc2)C(=O)N[C@@H](Cc2ccc(O)cc2)C(=O)N[C@H](Cc2c[nH]c3ccccc23)C(=O)N[C@@H](CCCCNC(=O)OC(C)(C)C)C(=O)N[C@@H]([C@@H](C)O)C(=O)N1)C(=O)O. The van der Waals surface area contributed by atoms with Crippen LogP contribution in [0.5, 0.6) is 5.75 Å². The Balaban J connectivity index is 1.15. The van der Waals surface area contributed by atoms with Gasteiger partial charge in [-0.3, -0.25) is 38.4 Å². The monoisotopic (exact) mass is 1480 g/mol. The molecule has 0 spiro atoms. The fraction of sp³-hybridized carbons (Fsp3) is 0.368. The van der Waals surface area contributed by atoms with Gasteiger partial charge in [0.1, 0.15) is 53.6 Å². The Kier molecular flexibility index (Phi) is 29.6. The van der Waals surface area contributed by atoms with E-state index in [0.29, 0.717) is 27.6 Å². The molecule has 552 valence electrons. The number of thioether (sulfide) groups is 1. The number of aromatic hydroxyl groups is 1. The summed E-state index contributed by atoms with van der Waals surface area (Å²) in [6.07, 6.45) is -2.81. The number of nitrogens with one attached hydrogen (secondary N) is 10. The number of phenols is 1. The highest BCUT2D eigenvalue weighted by Gasteiger charge is 2.40. The Morgan fingerprint density at radius 2 is 1.16 bits per heavy atom. The van der Waals surface area contributed by atoms with E-state index in [-0.39, 0.29) is 68.7 Å². The third-order valence-corrected chi connectivity index (χ3v) is 21.0. The van der Waals surface area contributed by atoms with Crippen molar-refractivity contribution in [1.29, 1.82) is 0 Å². The van der Waals surface area contributed by atoms with E-state index < -0.39 is 136 Å². The molecule has 1 fully saturated rings. The number of alkyl carbamates (subject to hydrolysis) is 1. The number of aromatic nitrogens is 1. The number of hydrogen-bond acceptors (Lipinski definition) is 17. The second kappa shape index (κ2) is 38.6. The molecule has 0 unspecified atom stereocenters. The van der Waals surface area contributed by atoms with Crippen LogP contribution in [0, 0.1) is 0 Å². The van der Waals surface area contributed by atoms with Crippen molar-refractivity contribution in [3.8, 4) is 5.75 Å². The number of carbonyl (C=O) groups is 10. The maximum atomic E-state index is 15.4. The van der Waals surface area contributed by atoms with Gasteiger partial charge in [-0.2, -0.15) is 0 Å². The van der Waals surface area contributed by atoms with Crippen LogP contribution in [0.3, 0.4) is 0 Å². The number of ether oxygens (including phenoxy) is 1. The second-order valence-electron chi connectivity index (χ2n) is 26.2. The summed E-state index contributed by atoms with van der Waals surface area (Å²) in [6.45, 7) is 7.44. The zero-order valence-electron chi connectivity index (χ0n) is 58.3. The van der Waals surface area contributed by atoms with E-state index in [2.05, 4.69) is 52.8 Å². The summed E-state index contributed by atoms with van der Waals surface area (Å²) >= 11 is 1.55. The van der Waals surface area contributed by atoms with Gasteiger partial charge in [-0.1, -0.05) is 173 Å². The van der Waals surface area contributed by atoms with E-state index in [1.165, 1.54) is 31.2 Å². The molecule has 8 rings (SSSR count). The lowest BCUT2D eigenvalue weighted by atomic mass is 9.84. The predicted octanol–water partition coefficient (Wildman–Crippen LogP) is 5.83. The number of phenolic OH excluding ortho intramolecular Hbond substituents is 1. The van der Waals surface area contributed by atoms with Gasteiger partial charge in [0.05, 0.1) is 17.0 Å². The number of fused-ring (bicyclic) bond motifs is 1. The van der Waals surface area contributed by atoms with Crippen molar-refractivity contribution in [1.82, 2.24) is 52.8 Å². The molecule has 14 N–H and O–H groups in total. The highest BCUT2D eigenvalue weighted by molar-refractivity contribution is 8.76. The number of unbranched alkanes of at least 4 members (excludes halogenated alkanes) is 1. The summed E-state index contributed by atoms with van der Waals surface area (Å²) in [5, 5.41) is 66.7. The van der Waals surface area contributed by atoms with Crippen LogP contribution in [-0.4, -0.2) is 175 Å². The second-order valence-corrected chi connectivity index (χ2v) is 30.1. The third-order valence-electron chi connectivity index (χ3n) is 17.0. The number of aromatic amines is 1. The van der Waals surface area contributed by atoms with Crippen LogP contribution in [-0.2, 0) is 71.9 Å². The highest BCUT2D eigenvalue weighted by Crippen LogP contribution is 2.48. The summed E-state index contributed by atoms with van der Waals surface area (Å²) in [5.74, 6) is -9.63. The van der Waals surface area contributed by atoms with Crippen molar-refractivity contribution >= 4 is 104 Å². The average molecular weight is 1480 g/mol. The topological polar surface area (TPSA) is 385 Å². The number of para-hydroxylation sites is 1. The Morgan fingerprint density at radius 3 is 1.75 bits per heavy atom. The molecule has 6 aromatic carbocycles. The number of H-pyrrole nitrogens is 1. The largest absolute Gasteiger partial charge is 0.508 e. The van der Waals surface area contributed by atoms with Crippen molar-refractivity contribution in [2.75, 3.05) is 23.8 Å². The molecule has 0 radical (unpaired) electrons. The van der Waals surface area contributed by atoms with E-state index in [1.807, 2.05) is 91.0 Å². The standard InChI is InChI=1S/C76H90N10O15S3/c1-46(87)64-72(97)84-62(71(96)86-65(47(2)88)73(98)99)45-104-103-44-61(83-67(92)58(40-48-22-10-6-11-23-48)79-63(90)37-39-102-76(51-24-12-7-13-25-51,52-26-14-8-15-27-52)53-28-16-9-17-29-53)70(95)81-59(41-49-33-35-54(89)36-34-49)68(93)82-60(42-50-43-78-56-31-19-18-30-55(50)56)69(94)80-57(66(91)85-64)32-20-21-38-77-74(100)101-75(3,4)5/h6-19,22-31,33-36,43,46-47,57-62,64-65,78,87-89H,20-21,32,37-42,44-45H2,1-5H3,(H,77,100)(H,79,90)(H,80,94)(H,81,95)(H,82,93)(H,83,92)(H,84,97)(H,85,91)(H,86,96)(H,98,99)/t46-,47-,57+,58-,59+,60-,61+,62+,64+,65+/m1/s1. The Bertz CT molecular complexity index is 3940. The van der Waals surface area contributed by atoms with Gasteiger partial charge in [-0.05, 0) is 105 Å². The molecule has 7 aromatic rings. The molecular weight excluding hydrogens is 1390 g/mol. The zero-order chi connectivity index (χ0) is 74.9. The first-order chi connectivity index (χ1) is 49.8. The number of aliphatic carboxylic acids is 1. The smallest absolute Gasteiger partial charge is 0.407 e. The zero-order valence-corrected chi connectivity index (χ0v) is 60.7. The maximum Gasteiger partial charge on any atom is 0.407 e. The summed E-state index contributed by atoms with van der Waals surface area (Å²) in [5.41, 5.74) is 4.41. The van der Waals surface area contributed by atoms with Crippen LogP contribution in [0.2, 0.25) is 0 Å². The molecule has 0 saturated carbocycles. The maximum absolute atomic E-state index is 15.4. The average Bonchev–Trinajstić information content (AvgIpc) is 0.941. The van der Waals surface area contributed by atoms with Gasteiger partial charge in [-0.15, -0.1) is 11.8 Å². The number of carboxylic acid groups (broad SMARTS) is 1. The first-order valence-corrected chi connectivity index (χ1v) is 37.6. The molecule has 0 bridgehead atoms. The molecule has 1 aliphatic heterocycles. The third kappa shape index (κ3) is 23.3. The lowest BCUT2D eigenvalue weighted by Crippen LogP contribution is -2.62. The van der Waals surface area contributed by atoms with E-state index in [1.54, 1.807) is 93.3 Å². The Labute approximate surface area is 615 Å². The minimum Gasteiger partial charge on any atom is -0.508 e. The minimum absolute atomic E-state index is 0.0596. The van der Waals surface area contributed by atoms with Crippen molar-refractivity contribution in [2.45, 2.75) is 150 Å². The van der Waals surface area contributed by atoms with Gasteiger partial charge in [-0.25, -0.2) is 9.59 Å². The molecule has 1 saturated heterocycles. The quantitative estimate of drug-likeness (QED) is 0.0172. The fourth-order valence-electron chi connectivity index (χ4n) is 11.7. The fourth-order valence-corrected chi connectivity index (χ4v) is 15.5. The number of hydrogen-bond donors (Lipinski definition) is 14. The number of aliphatic hydroxyl groups is 2. The molecule has 9 amide bonds. The van der Waals surface area contributed by atoms with Crippen LogP contribution < -0.4 is 47.9 Å². The molecule has 28 heteroatoms. The lowest BCUT2D eigenvalue weighted by Gasteiger charge is -2.35. The molecule has 104 heavy (non-hydrogen) atoms. The molecule has 1 aliphatic rings. The van der Waals surface area contributed by atoms with Crippen molar-refractivity contribution < 1.29 is 73.1 Å². The molecular formula is C76H90N10O15S3. The van der Waals surface area contributed by atoms with Crippen molar-refractivity contribution in [3.05, 3.63) is 209 Å². The van der Waals surface area contributed by atoms with Gasteiger partial charge in [0.15, 0.2) is 6.04 Å². The number of carbonyl (C=O) groups excluding carboxylic acids is 9. The lowest BCUT2D eigenvalue weighted by molar-refractivity contribution is -0.145. The van der Waals surface area contributed by atoms with Gasteiger partial charge in [0.2, 0.25) is 47.3 Å². The summed E-state index contributed by atoms with van der Waals surface area (Å²) in [4.78, 5) is 147. The Hall–Kier alpha value is -9.87. The number of aliphatic hydroxyl groups excluding tert-OH is 2. The minimum atomic E-state index is -1.89. The Morgan fingerprint density at radius 1 is 0.615 bits per heavy atom. The number of carboxylic acids is 1. The van der Waals surface area contributed by atoms with E-state index in [0.717, 1.165) is 45.2 Å². The van der Waals surface area contributed by atoms with Crippen LogP contribution in [0.25, 0.3) is 10.9 Å². The van der Waals surface area contributed by atoms with E-state index in [4.69, 9.17) is 4.74 Å².